The van der Waals surface area contributed by atoms with E-state index in [9.17, 15) is 4.79 Å². The molecule has 2 rings (SSSR count). The van der Waals surface area contributed by atoms with Crippen molar-refractivity contribution in [3.8, 4) is 0 Å². The minimum absolute atomic E-state index is 0.160. The second-order valence-electron chi connectivity index (χ2n) is 4.18. The van der Waals surface area contributed by atoms with Gasteiger partial charge in [-0.1, -0.05) is 5.16 Å². The predicted molar refractivity (Wildman–Crippen MR) is 59.2 cm³/mol. The summed E-state index contributed by atoms with van der Waals surface area (Å²) < 4.78 is 4.92. The van der Waals surface area contributed by atoms with Gasteiger partial charge in [-0.2, -0.15) is 0 Å². The van der Waals surface area contributed by atoms with Crippen LogP contribution in [0.25, 0.3) is 0 Å². The largest absolute Gasteiger partial charge is 0.351 e. The monoisotopic (exact) mass is 223 g/mol. The zero-order valence-corrected chi connectivity index (χ0v) is 9.45. The molecule has 1 aliphatic rings. The fraction of sp³-hybridized carbons (Fsp3) is 0.636. The van der Waals surface area contributed by atoms with Crippen LogP contribution in [-0.4, -0.2) is 30.2 Å². The number of amides is 1. The van der Waals surface area contributed by atoms with Gasteiger partial charge in [0.25, 0.3) is 5.91 Å². The minimum Gasteiger partial charge on any atom is -0.351 e. The molecule has 1 unspecified atom stereocenters. The number of nitrogens with one attached hydrogen (secondary N) is 2. The molecule has 16 heavy (non-hydrogen) atoms. The highest BCUT2D eigenvalue weighted by atomic mass is 16.5. The lowest BCUT2D eigenvalue weighted by Crippen LogP contribution is -2.35. The van der Waals surface area contributed by atoms with Crippen molar-refractivity contribution < 1.29 is 9.32 Å². The summed E-state index contributed by atoms with van der Waals surface area (Å²) >= 11 is 0. The van der Waals surface area contributed by atoms with Crippen LogP contribution in [-0.2, 0) is 0 Å². The fourth-order valence-corrected chi connectivity index (χ4v) is 1.89. The van der Waals surface area contributed by atoms with Crippen LogP contribution in [0.2, 0.25) is 0 Å². The molecule has 1 aromatic rings. The molecule has 0 bridgehead atoms. The van der Waals surface area contributed by atoms with Gasteiger partial charge in [0.05, 0.1) is 5.69 Å². The smallest absolute Gasteiger partial charge is 0.290 e. The summed E-state index contributed by atoms with van der Waals surface area (Å²) in [6, 6.07) is 1.90. The zero-order chi connectivity index (χ0) is 11.4. The molecule has 5 heteroatoms. The second-order valence-corrected chi connectivity index (χ2v) is 4.18. The van der Waals surface area contributed by atoms with Crippen molar-refractivity contribution in [2.45, 2.75) is 32.2 Å². The van der Waals surface area contributed by atoms with Gasteiger partial charge in [-0.05, 0) is 39.3 Å². The lowest BCUT2D eigenvalue weighted by Gasteiger charge is -2.14. The Morgan fingerprint density at radius 3 is 3.19 bits per heavy atom. The number of aryl methyl sites for hydroxylation is 1. The molecule has 1 atom stereocenters. The Morgan fingerprint density at radius 2 is 2.44 bits per heavy atom. The maximum atomic E-state index is 11.8. The molecule has 88 valence electrons. The summed E-state index contributed by atoms with van der Waals surface area (Å²) in [6.07, 6.45) is 3.09. The van der Waals surface area contributed by atoms with Gasteiger partial charge >= 0.3 is 0 Å². The van der Waals surface area contributed by atoms with E-state index in [-0.39, 0.29) is 11.9 Å². The van der Waals surface area contributed by atoms with E-state index in [0.717, 1.165) is 38.0 Å². The molecular formula is C11H17N3O2. The first kappa shape index (κ1) is 11.1. The highest BCUT2D eigenvalue weighted by molar-refractivity contribution is 5.91. The molecule has 1 fully saturated rings. The van der Waals surface area contributed by atoms with E-state index in [2.05, 4.69) is 15.8 Å². The normalized spacial score (nSPS) is 21.4. The quantitative estimate of drug-likeness (QED) is 0.780. The van der Waals surface area contributed by atoms with Crippen LogP contribution in [0.5, 0.6) is 0 Å². The maximum absolute atomic E-state index is 11.8. The Labute approximate surface area is 94.6 Å². The van der Waals surface area contributed by atoms with Crippen LogP contribution >= 0.6 is 0 Å². The van der Waals surface area contributed by atoms with Gasteiger partial charge in [-0.3, -0.25) is 4.79 Å². The highest BCUT2D eigenvalue weighted by Gasteiger charge is 2.17. The van der Waals surface area contributed by atoms with E-state index < -0.39 is 0 Å². The summed E-state index contributed by atoms with van der Waals surface area (Å²) in [6.45, 7) is 3.80. The Kier molecular flexibility index (Phi) is 3.56. The number of carbonyl (C=O) groups is 1. The fourth-order valence-electron chi connectivity index (χ4n) is 1.89. The Morgan fingerprint density at radius 1 is 1.56 bits per heavy atom. The number of hydrogen-bond donors (Lipinski definition) is 2. The van der Waals surface area contributed by atoms with E-state index in [0.29, 0.717) is 5.76 Å². The van der Waals surface area contributed by atoms with Gasteiger partial charge < -0.3 is 15.2 Å². The van der Waals surface area contributed by atoms with E-state index in [4.69, 9.17) is 4.52 Å². The summed E-state index contributed by atoms with van der Waals surface area (Å²) in [5.74, 6) is 0.141. The molecule has 2 N–H and O–H groups in total. The van der Waals surface area contributed by atoms with Crippen molar-refractivity contribution in [1.82, 2.24) is 15.8 Å². The van der Waals surface area contributed by atoms with Gasteiger partial charge in [0.15, 0.2) is 0 Å². The average molecular weight is 223 g/mol. The number of carbonyl (C=O) groups excluding carboxylic acids is 1. The predicted octanol–water partition coefficient (Wildman–Crippen LogP) is 0.855. The molecule has 0 aliphatic carbocycles. The Hall–Kier alpha value is -1.36. The molecule has 0 radical (unpaired) electrons. The van der Waals surface area contributed by atoms with E-state index in [1.807, 2.05) is 0 Å². The van der Waals surface area contributed by atoms with Crippen LogP contribution in [0.3, 0.4) is 0 Å². The number of aromatic nitrogens is 1. The Bertz CT molecular complexity index is 354. The van der Waals surface area contributed by atoms with Crippen LogP contribution in [0.4, 0.5) is 0 Å². The standard InChI is InChI=1S/C11H17N3O2/c1-8-7-10(16-14-8)11(15)13-9-3-2-5-12-6-4-9/h7,9,12H,2-6H2,1H3,(H,13,15). The lowest BCUT2D eigenvalue weighted by atomic mass is 10.1. The van der Waals surface area contributed by atoms with E-state index in [1.54, 1.807) is 13.0 Å². The summed E-state index contributed by atoms with van der Waals surface area (Å²) in [5, 5.41) is 9.98. The summed E-state index contributed by atoms with van der Waals surface area (Å²) in [4.78, 5) is 11.8. The first-order valence-corrected chi connectivity index (χ1v) is 5.70. The van der Waals surface area contributed by atoms with Crippen LogP contribution in [0.1, 0.15) is 35.5 Å². The summed E-state index contributed by atoms with van der Waals surface area (Å²) in [5.41, 5.74) is 0.729. The van der Waals surface area contributed by atoms with Gasteiger partial charge in [0, 0.05) is 12.1 Å². The van der Waals surface area contributed by atoms with Gasteiger partial charge in [-0.25, -0.2) is 0 Å². The molecule has 0 spiro atoms. The minimum atomic E-state index is -0.160. The third kappa shape index (κ3) is 2.82. The summed E-state index contributed by atoms with van der Waals surface area (Å²) in [7, 11) is 0. The first-order chi connectivity index (χ1) is 7.75. The van der Waals surface area contributed by atoms with Crippen LogP contribution in [0.15, 0.2) is 10.6 Å². The van der Waals surface area contributed by atoms with Crippen molar-refractivity contribution in [3.05, 3.63) is 17.5 Å². The lowest BCUT2D eigenvalue weighted by molar-refractivity contribution is 0.0896. The highest BCUT2D eigenvalue weighted by Crippen LogP contribution is 2.07. The SMILES string of the molecule is Cc1cc(C(=O)NC2CCCNCC2)on1. The number of nitrogens with zero attached hydrogens (tertiary/aromatic N) is 1. The molecule has 0 aromatic carbocycles. The van der Waals surface area contributed by atoms with Crippen molar-refractivity contribution in [3.63, 3.8) is 0 Å². The third-order valence-corrected chi connectivity index (χ3v) is 2.76. The van der Waals surface area contributed by atoms with Crippen molar-refractivity contribution in [1.29, 1.82) is 0 Å². The van der Waals surface area contributed by atoms with Gasteiger partial charge in [0.2, 0.25) is 5.76 Å². The molecule has 1 saturated heterocycles. The Balaban J connectivity index is 1.90. The van der Waals surface area contributed by atoms with Crippen LogP contribution in [0, 0.1) is 6.92 Å². The maximum Gasteiger partial charge on any atom is 0.290 e. The molecule has 5 nitrogen and oxygen atoms in total. The third-order valence-electron chi connectivity index (χ3n) is 2.76. The van der Waals surface area contributed by atoms with Crippen molar-refractivity contribution >= 4 is 5.91 Å². The van der Waals surface area contributed by atoms with Gasteiger partial charge in [0.1, 0.15) is 0 Å². The first-order valence-electron chi connectivity index (χ1n) is 5.70. The topological polar surface area (TPSA) is 67.2 Å². The molecule has 2 heterocycles. The van der Waals surface area contributed by atoms with Gasteiger partial charge in [-0.15, -0.1) is 0 Å². The second kappa shape index (κ2) is 5.12. The van der Waals surface area contributed by atoms with Crippen molar-refractivity contribution in [2.24, 2.45) is 0 Å². The van der Waals surface area contributed by atoms with E-state index in [1.165, 1.54) is 0 Å². The average Bonchev–Trinajstić information content (AvgIpc) is 2.54. The molecule has 1 aromatic heterocycles. The number of hydrogen-bond acceptors (Lipinski definition) is 4. The zero-order valence-electron chi connectivity index (χ0n) is 9.45. The number of rotatable bonds is 2. The molecule has 0 saturated carbocycles. The van der Waals surface area contributed by atoms with Crippen molar-refractivity contribution in [2.75, 3.05) is 13.1 Å². The molecule has 1 aliphatic heterocycles. The molecule has 1 amide bonds. The van der Waals surface area contributed by atoms with E-state index >= 15 is 0 Å². The van der Waals surface area contributed by atoms with Crippen LogP contribution < -0.4 is 10.6 Å². The molecular weight excluding hydrogens is 206 g/mol.